The molecule has 9 nitrogen and oxygen atoms in total. The summed E-state index contributed by atoms with van der Waals surface area (Å²) in [6.45, 7) is 2.21. The van der Waals surface area contributed by atoms with Crippen molar-refractivity contribution in [2.75, 3.05) is 0 Å². The van der Waals surface area contributed by atoms with E-state index in [0.717, 1.165) is 57.5 Å². The molecule has 0 saturated carbocycles. The fourth-order valence-corrected chi connectivity index (χ4v) is 18.3. The molecule has 23 aromatic rings. The molecule has 0 fully saturated rings. The first-order valence-electron chi connectivity index (χ1n) is 73.9. The van der Waals surface area contributed by atoms with E-state index in [9.17, 15) is 12.3 Å². The summed E-state index contributed by atoms with van der Waals surface area (Å²) in [5.74, 6) is -2.17. The molecule has 0 bridgehead atoms. The van der Waals surface area contributed by atoms with Crippen molar-refractivity contribution in [1.29, 1.82) is 0 Å². The van der Waals surface area contributed by atoms with Gasteiger partial charge in [-0.05, 0) is 230 Å². The molecule has 0 radical (unpaired) electrons. The summed E-state index contributed by atoms with van der Waals surface area (Å²) in [5.41, 5.74) is 0.537. The third-order valence-electron chi connectivity index (χ3n) is 25.0. The summed E-state index contributed by atoms with van der Waals surface area (Å²) < 4.78 is 500. The van der Waals surface area contributed by atoms with E-state index < -0.39 is 475 Å². The van der Waals surface area contributed by atoms with Gasteiger partial charge in [-0.15, -0.1) is 0 Å². The lowest BCUT2D eigenvalue weighted by molar-refractivity contribution is 0.660. The Kier molecular flexibility index (Phi) is 12.2. The van der Waals surface area contributed by atoms with Crippen LogP contribution in [0.5, 0.6) is 0 Å². The highest BCUT2D eigenvalue weighted by molar-refractivity contribution is 5.95. The van der Waals surface area contributed by atoms with Crippen LogP contribution in [0.25, 0.3) is 225 Å². The number of fused-ring (bicyclic) bond motifs is 12. The molecule has 3 heterocycles. The van der Waals surface area contributed by atoms with Crippen molar-refractivity contribution in [2.45, 2.75) is 52.3 Å². The monoisotopic (exact) mass is 1930 g/mol. The van der Waals surface area contributed by atoms with E-state index in [-0.39, 0.29) is 66.8 Å². The molecule has 3 aromatic heterocycles. The third kappa shape index (κ3) is 17.1. The normalized spacial score (nSPS) is 18.4. The lowest BCUT2D eigenvalue weighted by Gasteiger charge is -2.21. The molecule has 690 valence electrons. The zero-order valence-corrected chi connectivity index (χ0v) is 76.6. The van der Waals surface area contributed by atoms with Crippen LogP contribution < -0.4 is 0 Å². The van der Waals surface area contributed by atoms with Crippen molar-refractivity contribution in [3.05, 3.63) is 534 Å². The molecule has 4 aliphatic rings. The van der Waals surface area contributed by atoms with Crippen LogP contribution in [0.4, 0.5) is 0 Å². The van der Waals surface area contributed by atoms with Crippen LogP contribution in [0, 0.1) is 13.8 Å². The standard InChI is InChI=1S/2C47H33N3.C43H31N3/c1-31-13-8-21-37(27-31)46-48-45(33-16-6-3-7-17-33)49-47(50-46)38-22-10-20-36(29-38)40-24-12-26-42-41-25-11-23-39(43(41)30-44(40)42)35-19-9-18-34(28-35)32-14-4-2-5-15-32;1-31-12-8-18-37(28-31)46-48-45(35-15-6-3-7-16-35)49-47(50-46)38-19-9-17-36(29-38)40-21-11-23-42-41-22-10-20-39(43(41)30-44(40)42)34-26-24-33(25-27-34)32-13-4-2-5-14-32;1-43(2)38-22-10-9-17-33(38)34-24-23-29(25-39(34)43)41-44-40(28-15-7-4-8-16-28)45-42(46-41)35-21-12-20-32-31-19-11-18-30(36(31)26-37(32)35)27-13-5-3-6-14-27/h2*2-29H,30H2,1H3;3-25H,26H2,1-2H3/i2*2D,3D,4D,5D,6D,7D,8D,9D,10D,11D,12D,13D,14D,15D,16D,17D,18D,19D,20D,21D,22D,23D,24D,25D,26D,27D,28D;1D3. The zero-order chi connectivity index (χ0) is 147. The summed E-state index contributed by atoms with van der Waals surface area (Å²) in [7, 11) is 0. The molecule has 1 unspecified atom stereocenters. The molecule has 0 N–H and O–H groups in total. The second-order valence-electron chi connectivity index (χ2n) is 33.9. The summed E-state index contributed by atoms with van der Waals surface area (Å²) in [6, 6.07) is 6.85. The average molecular weight is 1930 g/mol. The van der Waals surface area contributed by atoms with Crippen molar-refractivity contribution in [3.8, 4) is 225 Å². The SMILES string of the molecule is [2H]C([2H])([2H])C1(C)c2ccccc2-c2ccc(-c3nc(-c4ccccc4)nc(-c4cccc5c4Cc4c(-c6ccccc6)cccc4-5)n3)cc21.[2H]c1c(-c2nc(-c3c([2H])c([2H])c([2H])c([2H])c3[2H])nc(-c3c([2H])c([2H])c([2H])c(C)c3[2H])n2)cc(-c2c([2H])c([2H])c([2H])c3c2Cc2c(-c4c([2H])c([2H])c(-c5c([2H])c([2H])c([2H])c([2H])c5[2H])c([2H])c4[2H])c([2H])c([2H])c([2H])c2-3)c([2H])c1[2H].[2H]c1c(-c2nc(-c3c([2H])c([2H])c([2H])c([2H])c3[2H])nc(-c3c([2H])c([2H])c([2H])c(C)c3[2H])n2)cc(-c2c([2H])c([2H])c([2H])c3c2Cc2c(-c4c([2H])c([2H])c([2H])c(-c5c([2H])c([2H])c([2H])c([2H])c5[2H])c4[2H])c([2H])c([2H])c([2H])c2-3)c([2H])c1[2H]. The van der Waals surface area contributed by atoms with E-state index in [1.54, 1.807) is 0 Å². The van der Waals surface area contributed by atoms with Gasteiger partial charge in [0.15, 0.2) is 52.4 Å². The van der Waals surface area contributed by atoms with Crippen molar-refractivity contribution >= 4 is 0 Å². The molecular weight excluding hydrogens is 1770 g/mol. The van der Waals surface area contributed by atoms with Gasteiger partial charge in [-0.1, -0.05) is 467 Å². The summed E-state index contributed by atoms with van der Waals surface area (Å²) in [4.78, 5) is 41.4. The minimum atomic E-state index is -2.26. The maximum absolute atomic E-state index is 9.43. The van der Waals surface area contributed by atoms with Gasteiger partial charge in [0, 0.05) is 66.0 Å². The second-order valence-corrected chi connectivity index (χ2v) is 33.9. The molecule has 20 aromatic carbocycles. The molecule has 0 spiro atoms. The predicted molar refractivity (Wildman–Crippen MR) is 598 cm³/mol. The molecule has 146 heavy (non-hydrogen) atoms. The Bertz CT molecular complexity index is 12300. The zero-order valence-electron chi connectivity index (χ0n) is 134. The summed E-state index contributed by atoms with van der Waals surface area (Å²) >= 11 is 0. The van der Waals surface area contributed by atoms with Crippen LogP contribution in [0.1, 0.15) is 148 Å². The Balaban J connectivity index is 0.000000150. The third-order valence-corrected chi connectivity index (χ3v) is 25.0. The van der Waals surface area contributed by atoms with E-state index in [4.69, 9.17) is 80.7 Å². The molecule has 4 aliphatic carbocycles. The molecule has 0 amide bonds. The molecule has 9 heteroatoms. The van der Waals surface area contributed by atoms with Gasteiger partial charge in [0.1, 0.15) is 0 Å². The predicted octanol–water partition coefficient (Wildman–Crippen LogP) is 33.9. The van der Waals surface area contributed by atoms with Crippen LogP contribution in [0.2, 0.25) is 0 Å². The first kappa shape index (κ1) is 46.9. The highest BCUT2D eigenvalue weighted by Crippen LogP contribution is 2.53. The summed E-state index contributed by atoms with van der Waals surface area (Å²) in [5, 5.41) is 0. The van der Waals surface area contributed by atoms with E-state index >= 15 is 0 Å². The van der Waals surface area contributed by atoms with Crippen molar-refractivity contribution < 1.29 is 78.1 Å². The van der Waals surface area contributed by atoms with Crippen LogP contribution >= 0.6 is 0 Å². The number of benzene rings is 20. The molecule has 0 aliphatic heterocycles. The lowest BCUT2D eigenvalue weighted by atomic mass is 9.82. The van der Waals surface area contributed by atoms with E-state index in [2.05, 4.69) is 90.6 Å². The van der Waals surface area contributed by atoms with Gasteiger partial charge in [0.2, 0.25) is 0 Å². The largest absolute Gasteiger partial charge is 0.208 e. The maximum atomic E-state index is 9.43. The first-order chi connectivity index (χ1) is 95.6. The summed E-state index contributed by atoms with van der Waals surface area (Å²) in [6.07, 6.45) is -0.374. The van der Waals surface area contributed by atoms with Crippen molar-refractivity contribution in [2.24, 2.45) is 0 Å². The Morgan fingerprint density at radius 1 is 0.185 bits per heavy atom. The number of nitrogens with zero attached hydrogens (tertiary/aromatic N) is 9. The number of aromatic nitrogens is 9. The van der Waals surface area contributed by atoms with Gasteiger partial charge in [0.25, 0.3) is 0 Å². The maximum Gasteiger partial charge on any atom is 0.164 e. The Morgan fingerprint density at radius 2 is 0.500 bits per heavy atom. The minimum Gasteiger partial charge on any atom is -0.208 e. The second kappa shape index (κ2) is 38.1. The fraction of sp³-hybridized carbons (Fsp3) is 0.0584. The smallest absolute Gasteiger partial charge is 0.164 e. The quantitative estimate of drug-likeness (QED) is 0.0932. The highest BCUT2D eigenvalue weighted by atomic mass is 15.1. The van der Waals surface area contributed by atoms with Gasteiger partial charge in [-0.3, -0.25) is 0 Å². The van der Waals surface area contributed by atoms with E-state index in [1.807, 2.05) is 85.8 Å². The molecular formula is C137H97N9. The Hall–Kier alpha value is -18.6. The van der Waals surface area contributed by atoms with Crippen LogP contribution in [-0.2, 0) is 24.7 Å². The fourth-order valence-electron chi connectivity index (χ4n) is 18.3. The Morgan fingerprint density at radius 3 is 1.00 bits per heavy atom. The van der Waals surface area contributed by atoms with Gasteiger partial charge < -0.3 is 0 Å². The van der Waals surface area contributed by atoms with Crippen LogP contribution in [0.3, 0.4) is 0 Å². The topological polar surface area (TPSA) is 116 Å². The highest BCUT2D eigenvalue weighted by Gasteiger charge is 2.37. The number of hydrogen-bond acceptors (Lipinski definition) is 9. The number of hydrogen-bond donors (Lipinski definition) is 0. The number of rotatable bonds is 16. The first-order valence-corrected chi connectivity index (χ1v) is 45.4. The van der Waals surface area contributed by atoms with Gasteiger partial charge in [-0.2, -0.15) is 0 Å². The van der Waals surface area contributed by atoms with Crippen molar-refractivity contribution in [3.63, 3.8) is 0 Å². The van der Waals surface area contributed by atoms with Crippen LogP contribution in [0.15, 0.2) is 478 Å². The minimum absolute atomic E-state index is 0.0951. The molecule has 27 rings (SSSR count). The van der Waals surface area contributed by atoms with E-state index in [1.165, 1.54) is 47.2 Å². The van der Waals surface area contributed by atoms with E-state index in [0.29, 0.717) is 17.5 Å². The van der Waals surface area contributed by atoms with Gasteiger partial charge >= 0.3 is 0 Å². The van der Waals surface area contributed by atoms with Crippen molar-refractivity contribution in [1.82, 2.24) is 44.9 Å². The van der Waals surface area contributed by atoms with Gasteiger partial charge in [-0.25, -0.2) is 44.9 Å². The van der Waals surface area contributed by atoms with Crippen LogP contribution in [-0.4, -0.2) is 44.9 Å². The Labute approximate surface area is 931 Å². The van der Waals surface area contributed by atoms with Gasteiger partial charge in [0.05, 0.1) is 74.0 Å². The lowest BCUT2D eigenvalue weighted by Crippen LogP contribution is -2.15. The molecule has 0 saturated heterocycles. The molecule has 1 atom stereocenters. The average Bonchev–Trinajstić information content (AvgIpc) is 1.55.